The van der Waals surface area contributed by atoms with E-state index in [-0.39, 0.29) is 5.56 Å². The first-order valence-corrected chi connectivity index (χ1v) is 6.37. The molecule has 1 aliphatic rings. The smallest absolute Gasteiger partial charge is 0.308 e. The fourth-order valence-electron chi connectivity index (χ4n) is 2.48. The van der Waals surface area contributed by atoms with E-state index >= 15 is 0 Å². The molecule has 112 valence electrons. The van der Waals surface area contributed by atoms with Gasteiger partial charge in [0.05, 0.1) is 22.5 Å². The Morgan fingerprint density at radius 1 is 1.38 bits per heavy atom. The zero-order valence-corrected chi connectivity index (χ0v) is 10.9. The Bertz CT molecular complexity index is 604. The normalized spacial score (nSPS) is 21.0. The van der Waals surface area contributed by atoms with Gasteiger partial charge in [-0.05, 0) is 18.9 Å². The van der Waals surface area contributed by atoms with Crippen molar-refractivity contribution in [3.05, 3.63) is 39.7 Å². The number of hydrogen-bond donors (Lipinski definition) is 2. The lowest BCUT2D eigenvalue weighted by Gasteiger charge is -2.17. The highest BCUT2D eigenvalue weighted by molar-refractivity contribution is 5.95. The third-order valence-corrected chi connectivity index (χ3v) is 3.56. The third kappa shape index (κ3) is 3.15. The van der Waals surface area contributed by atoms with Crippen molar-refractivity contribution in [2.24, 2.45) is 5.92 Å². The molecule has 1 saturated carbocycles. The lowest BCUT2D eigenvalue weighted by molar-refractivity contribution is -0.385. The second-order valence-electron chi connectivity index (χ2n) is 4.88. The third-order valence-electron chi connectivity index (χ3n) is 3.56. The minimum atomic E-state index is -1.01. The predicted octanol–water partition coefficient (Wildman–Crippen LogP) is 1.72. The van der Waals surface area contributed by atoms with E-state index in [2.05, 4.69) is 5.32 Å². The van der Waals surface area contributed by atoms with E-state index < -0.39 is 40.3 Å². The number of hydrogen-bond acceptors (Lipinski definition) is 4. The lowest BCUT2D eigenvalue weighted by atomic mass is 10.0. The van der Waals surface area contributed by atoms with E-state index in [0.717, 1.165) is 12.1 Å². The molecule has 7 nitrogen and oxygen atoms in total. The van der Waals surface area contributed by atoms with E-state index in [1.54, 1.807) is 0 Å². The molecule has 2 rings (SSSR count). The van der Waals surface area contributed by atoms with Crippen LogP contribution in [0.5, 0.6) is 0 Å². The number of nitrogens with zero attached hydrogens (tertiary/aromatic N) is 1. The summed E-state index contributed by atoms with van der Waals surface area (Å²) in [6.45, 7) is 0. The molecule has 0 saturated heterocycles. The van der Waals surface area contributed by atoms with Gasteiger partial charge < -0.3 is 10.4 Å². The van der Waals surface area contributed by atoms with E-state index in [9.17, 15) is 24.1 Å². The van der Waals surface area contributed by atoms with Crippen molar-refractivity contribution in [3.8, 4) is 0 Å². The fourth-order valence-corrected chi connectivity index (χ4v) is 2.48. The molecule has 1 aliphatic carbocycles. The Morgan fingerprint density at radius 3 is 2.67 bits per heavy atom. The number of halogens is 1. The summed E-state index contributed by atoms with van der Waals surface area (Å²) in [7, 11) is 0. The number of aliphatic carboxylic acids is 1. The van der Waals surface area contributed by atoms with Crippen LogP contribution in [-0.4, -0.2) is 27.9 Å². The number of nitro groups is 1. The van der Waals surface area contributed by atoms with E-state index in [1.165, 1.54) is 0 Å². The van der Waals surface area contributed by atoms with Gasteiger partial charge in [0.1, 0.15) is 5.82 Å². The van der Waals surface area contributed by atoms with Crippen molar-refractivity contribution in [3.63, 3.8) is 0 Å². The first kappa shape index (κ1) is 14.9. The number of carbonyl (C=O) groups is 2. The second-order valence-corrected chi connectivity index (χ2v) is 4.88. The Balaban J connectivity index is 2.13. The van der Waals surface area contributed by atoms with Crippen LogP contribution in [0.25, 0.3) is 0 Å². The van der Waals surface area contributed by atoms with E-state index in [0.29, 0.717) is 25.3 Å². The van der Waals surface area contributed by atoms with Gasteiger partial charge in [-0.25, -0.2) is 4.39 Å². The number of nitro benzene ring substituents is 1. The summed E-state index contributed by atoms with van der Waals surface area (Å²) in [5.74, 6) is -3.45. The highest BCUT2D eigenvalue weighted by atomic mass is 19.1. The number of non-ortho nitro benzene ring substituents is 1. The SMILES string of the molecule is O=C(NC1CCCC1C(=O)O)c1ccc([N+](=O)[O-])cc1F. The van der Waals surface area contributed by atoms with Crippen molar-refractivity contribution in [2.45, 2.75) is 25.3 Å². The molecule has 21 heavy (non-hydrogen) atoms. The summed E-state index contributed by atoms with van der Waals surface area (Å²) >= 11 is 0. The van der Waals surface area contributed by atoms with Crippen LogP contribution in [-0.2, 0) is 4.79 Å². The average Bonchev–Trinajstić information content (AvgIpc) is 2.86. The van der Waals surface area contributed by atoms with Gasteiger partial charge in [0.2, 0.25) is 0 Å². The molecule has 0 bridgehead atoms. The lowest BCUT2D eigenvalue weighted by Crippen LogP contribution is -2.40. The van der Waals surface area contributed by atoms with Crippen LogP contribution in [0.2, 0.25) is 0 Å². The monoisotopic (exact) mass is 296 g/mol. The molecule has 1 aromatic carbocycles. The number of rotatable bonds is 4. The van der Waals surface area contributed by atoms with Crippen molar-refractivity contribution < 1.29 is 24.0 Å². The minimum absolute atomic E-state index is 0.336. The van der Waals surface area contributed by atoms with Crippen LogP contribution in [0.4, 0.5) is 10.1 Å². The number of amides is 1. The van der Waals surface area contributed by atoms with Gasteiger partial charge in [0.25, 0.3) is 11.6 Å². The second kappa shape index (κ2) is 5.86. The molecule has 8 heteroatoms. The molecule has 0 aliphatic heterocycles. The molecule has 0 spiro atoms. The molecular formula is C13H13FN2O5. The van der Waals surface area contributed by atoms with Crippen LogP contribution >= 0.6 is 0 Å². The maximum absolute atomic E-state index is 13.7. The Morgan fingerprint density at radius 2 is 2.10 bits per heavy atom. The topological polar surface area (TPSA) is 110 Å². The molecule has 1 amide bonds. The van der Waals surface area contributed by atoms with Crippen molar-refractivity contribution in [1.29, 1.82) is 0 Å². The zero-order chi connectivity index (χ0) is 15.6. The zero-order valence-electron chi connectivity index (χ0n) is 10.9. The van der Waals surface area contributed by atoms with Crippen LogP contribution in [0.15, 0.2) is 18.2 Å². The van der Waals surface area contributed by atoms with Crippen LogP contribution in [0.1, 0.15) is 29.6 Å². The summed E-state index contributed by atoms with van der Waals surface area (Å²) in [6, 6.07) is 2.16. The van der Waals surface area contributed by atoms with Gasteiger partial charge in [-0.3, -0.25) is 19.7 Å². The summed E-state index contributed by atoms with van der Waals surface area (Å²) in [5, 5.41) is 22.0. The molecule has 2 N–H and O–H groups in total. The molecule has 0 heterocycles. The van der Waals surface area contributed by atoms with Gasteiger partial charge in [-0.2, -0.15) is 0 Å². The molecule has 2 unspecified atom stereocenters. The van der Waals surface area contributed by atoms with E-state index in [1.807, 2.05) is 0 Å². The Labute approximate surface area is 118 Å². The van der Waals surface area contributed by atoms with Gasteiger partial charge in [0.15, 0.2) is 0 Å². The highest BCUT2D eigenvalue weighted by Gasteiger charge is 2.34. The number of benzene rings is 1. The van der Waals surface area contributed by atoms with Crippen molar-refractivity contribution in [2.75, 3.05) is 0 Å². The van der Waals surface area contributed by atoms with Gasteiger partial charge in [0, 0.05) is 12.1 Å². The number of nitrogens with one attached hydrogen (secondary N) is 1. The average molecular weight is 296 g/mol. The molecule has 0 radical (unpaired) electrons. The maximum atomic E-state index is 13.7. The fraction of sp³-hybridized carbons (Fsp3) is 0.385. The van der Waals surface area contributed by atoms with Gasteiger partial charge >= 0.3 is 5.97 Å². The molecule has 1 fully saturated rings. The van der Waals surface area contributed by atoms with Crippen LogP contribution in [0.3, 0.4) is 0 Å². The Hall–Kier alpha value is -2.51. The maximum Gasteiger partial charge on any atom is 0.308 e. The van der Waals surface area contributed by atoms with Crippen molar-refractivity contribution >= 4 is 17.6 Å². The molecular weight excluding hydrogens is 283 g/mol. The predicted molar refractivity (Wildman–Crippen MR) is 69.3 cm³/mol. The number of carboxylic acids is 1. The van der Waals surface area contributed by atoms with Gasteiger partial charge in [-0.1, -0.05) is 6.42 Å². The molecule has 2 atom stereocenters. The standard InChI is InChI=1S/C13H13FN2O5/c14-10-6-7(16(20)21)4-5-8(10)12(17)15-11-3-1-2-9(11)13(18)19/h4-6,9,11H,1-3H2,(H,15,17)(H,18,19). The first-order chi connectivity index (χ1) is 9.90. The summed E-state index contributed by atoms with van der Waals surface area (Å²) in [6.07, 6.45) is 1.64. The Kier molecular flexibility index (Phi) is 4.15. The number of carboxylic acid groups (broad SMARTS) is 1. The quantitative estimate of drug-likeness (QED) is 0.649. The van der Waals surface area contributed by atoms with Crippen LogP contribution in [0, 0.1) is 21.8 Å². The molecule has 1 aromatic rings. The van der Waals surface area contributed by atoms with Crippen molar-refractivity contribution in [1.82, 2.24) is 5.32 Å². The number of carbonyl (C=O) groups excluding carboxylic acids is 1. The summed E-state index contributed by atoms with van der Waals surface area (Å²) < 4.78 is 13.7. The first-order valence-electron chi connectivity index (χ1n) is 6.37. The van der Waals surface area contributed by atoms with E-state index in [4.69, 9.17) is 5.11 Å². The largest absolute Gasteiger partial charge is 0.481 e. The van der Waals surface area contributed by atoms with Crippen LogP contribution < -0.4 is 5.32 Å². The summed E-state index contributed by atoms with van der Waals surface area (Å²) in [5.41, 5.74) is -0.787. The summed E-state index contributed by atoms with van der Waals surface area (Å²) in [4.78, 5) is 32.7. The highest BCUT2D eigenvalue weighted by Crippen LogP contribution is 2.26. The molecule has 0 aromatic heterocycles. The minimum Gasteiger partial charge on any atom is -0.481 e. The van der Waals surface area contributed by atoms with Gasteiger partial charge in [-0.15, -0.1) is 0 Å².